The minimum absolute atomic E-state index is 0.0962. The van der Waals surface area contributed by atoms with Gasteiger partial charge in [0.15, 0.2) is 0 Å². The van der Waals surface area contributed by atoms with Crippen molar-refractivity contribution >= 4 is 17.7 Å². The monoisotopic (exact) mass is 243 g/mol. The first-order valence-electron chi connectivity index (χ1n) is 5.58. The average molecular weight is 243 g/mol. The molecule has 92 valence electrons. The lowest BCUT2D eigenvalue weighted by Gasteiger charge is -2.25. The van der Waals surface area contributed by atoms with E-state index in [2.05, 4.69) is 37.2 Å². The Morgan fingerprint density at radius 1 is 1.50 bits per heavy atom. The molecule has 0 bridgehead atoms. The van der Waals surface area contributed by atoms with E-state index in [1.807, 2.05) is 11.8 Å². The second kappa shape index (κ2) is 5.57. The first kappa shape index (κ1) is 13.4. The predicted molar refractivity (Wildman–Crippen MR) is 68.5 cm³/mol. The SMILES string of the molecule is CCC(CSC)CC(C)(C)c1nc(N)no1. The average Bonchev–Trinajstić information content (AvgIpc) is 2.64. The van der Waals surface area contributed by atoms with Gasteiger partial charge < -0.3 is 10.3 Å². The molecular formula is C11H21N3OS. The highest BCUT2D eigenvalue weighted by atomic mass is 32.2. The lowest BCUT2D eigenvalue weighted by Crippen LogP contribution is -2.23. The van der Waals surface area contributed by atoms with Crippen LogP contribution in [-0.2, 0) is 5.41 Å². The van der Waals surface area contributed by atoms with Gasteiger partial charge in [-0.3, -0.25) is 0 Å². The summed E-state index contributed by atoms with van der Waals surface area (Å²) < 4.78 is 5.16. The number of hydrogen-bond donors (Lipinski definition) is 1. The Morgan fingerprint density at radius 3 is 2.62 bits per heavy atom. The molecule has 16 heavy (non-hydrogen) atoms. The van der Waals surface area contributed by atoms with Crippen LogP contribution in [0.25, 0.3) is 0 Å². The highest BCUT2D eigenvalue weighted by molar-refractivity contribution is 7.98. The zero-order valence-electron chi connectivity index (χ0n) is 10.5. The number of aromatic nitrogens is 2. The number of hydrogen-bond acceptors (Lipinski definition) is 5. The van der Waals surface area contributed by atoms with Crippen molar-refractivity contribution in [1.29, 1.82) is 0 Å². The molecule has 2 N–H and O–H groups in total. The molecule has 1 unspecified atom stereocenters. The Morgan fingerprint density at radius 2 is 2.19 bits per heavy atom. The first-order valence-corrected chi connectivity index (χ1v) is 6.97. The quantitative estimate of drug-likeness (QED) is 0.832. The van der Waals surface area contributed by atoms with Gasteiger partial charge in [-0.25, -0.2) is 0 Å². The van der Waals surface area contributed by atoms with Gasteiger partial charge in [-0.15, -0.1) is 0 Å². The zero-order valence-corrected chi connectivity index (χ0v) is 11.3. The maximum Gasteiger partial charge on any atom is 0.260 e. The zero-order chi connectivity index (χ0) is 12.2. The standard InChI is InChI=1S/C11H21N3OS/c1-5-8(7-16-4)6-11(2,3)9-13-10(12)14-15-9/h8H,5-7H2,1-4H3,(H2,12,14). The van der Waals surface area contributed by atoms with Gasteiger partial charge in [0.25, 0.3) is 5.95 Å². The van der Waals surface area contributed by atoms with Crippen LogP contribution < -0.4 is 5.73 Å². The summed E-state index contributed by atoms with van der Waals surface area (Å²) in [6, 6.07) is 0. The molecule has 0 aliphatic heterocycles. The molecule has 0 aliphatic rings. The molecule has 0 saturated carbocycles. The van der Waals surface area contributed by atoms with Gasteiger partial charge in [-0.2, -0.15) is 16.7 Å². The maximum atomic E-state index is 5.48. The molecule has 5 heteroatoms. The normalized spacial score (nSPS) is 14.0. The number of nitrogen functional groups attached to an aromatic ring is 1. The largest absolute Gasteiger partial charge is 0.365 e. The van der Waals surface area contributed by atoms with Crippen LogP contribution in [0.2, 0.25) is 0 Å². The van der Waals surface area contributed by atoms with E-state index < -0.39 is 0 Å². The van der Waals surface area contributed by atoms with Crippen LogP contribution in [0.5, 0.6) is 0 Å². The van der Waals surface area contributed by atoms with Gasteiger partial charge in [0.2, 0.25) is 5.89 Å². The van der Waals surface area contributed by atoms with Crippen LogP contribution in [0.1, 0.15) is 39.5 Å². The Hall–Kier alpha value is -0.710. The molecular weight excluding hydrogens is 222 g/mol. The van der Waals surface area contributed by atoms with E-state index in [1.165, 1.54) is 12.2 Å². The van der Waals surface area contributed by atoms with Gasteiger partial charge in [0.1, 0.15) is 0 Å². The molecule has 0 radical (unpaired) electrons. The summed E-state index contributed by atoms with van der Waals surface area (Å²) in [7, 11) is 0. The van der Waals surface area contributed by atoms with Crippen LogP contribution in [-0.4, -0.2) is 22.1 Å². The third kappa shape index (κ3) is 3.40. The molecule has 1 heterocycles. The number of anilines is 1. The molecule has 0 fully saturated rings. The van der Waals surface area contributed by atoms with E-state index in [0.29, 0.717) is 11.8 Å². The highest BCUT2D eigenvalue weighted by Crippen LogP contribution is 2.31. The number of thioether (sulfide) groups is 1. The van der Waals surface area contributed by atoms with Gasteiger partial charge in [0.05, 0.1) is 0 Å². The second-order valence-corrected chi connectivity index (χ2v) is 5.69. The van der Waals surface area contributed by atoms with Crippen molar-refractivity contribution in [3.8, 4) is 0 Å². The fourth-order valence-electron chi connectivity index (χ4n) is 1.88. The van der Waals surface area contributed by atoms with Crippen LogP contribution in [0.4, 0.5) is 5.95 Å². The van der Waals surface area contributed by atoms with Gasteiger partial charge in [-0.05, 0) is 29.5 Å². The Balaban J connectivity index is 2.69. The third-order valence-corrected chi connectivity index (χ3v) is 3.60. The molecule has 1 rings (SSSR count). The maximum absolute atomic E-state index is 5.48. The van der Waals surface area contributed by atoms with Crippen LogP contribution in [0.3, 0.4) is 0 Å². The second-order valence-electron chi connectivity index (χ2n) is 4.78. The summed E-state index contributed by atoms with van der Waals surface area (Å²) in [6.45, 7) is 6.48. The number of nitrogens with two attached hydrogens (primary N) is 1. The van der Waals surface area contributed by atoms with Crippen molar-refractivity contribution in [3.63, 3.8) is 0 Å². The smallest absolute Gasteiger partial charge is 0.260 e. The van der Waals surface area contributed by atoms with Crippen molar-refractivity contribution in [2.75, 3.05) is 17.7 Å². The summed E-state index contributed by atoms with van der Waals surface area (Å²) in [5.74, 6) is 2.72. The lowest BCUT2D eigenvalue weighted by molar-refractivity contribution is 0.269. The fraction of sp³-hybridized carbons (Fsp3) is 0.818. The lowest BCUT2D eigenvalue weighted by atomic mass is 9.82. The predicted octanol–water partition coefficient (Wildman–Crippen LogP) is 2.71. The van der Waals surface area contributed by atoms with E-state index in [4.69, 9.17) is 10.3 Å². The Kier molecular flexibility index (Phi) is 4.65. The van der Waals surface area contributed by atoms with E-state index in [-0.39, 0.29) is 11.4 Å². The van der Waals surface area contributed by atoms with Crippen LogP contribution in [0.15, 0.2) is 4.52 Å². The fourth-order valence-corrected chi connectivity index (χ4v) is 2.70. The first-order chi connectivity index (χ1) is 7.49. The van der Waals surface area contributed by atoms with E-state index in [0.717, 1.165) is 6.42 Å². The van der Waals surface area contributed by atoms with E-state index >= 15 is 0 Å². The third-order valence-electron chi connectivity index (χ3n) is 2.80. The molecule has 0 aliphatic carbocycles. The Labute approximate surface area is 101 Å². The minimum Gasteiger partial charge on any atom is -0.365 e. The summed E-state index contributed by atoms with van der Waals surface area (Å²) >= 11 is 1.88. The minimum atomic E-state index is -0.0962. The van der Waals surface area contributed by atoms with Crippen molar-refractivity contribution in [1.82, 2.24) is 10.1 Å². The summed E-state index contributed by atoms with van der Waals surface area (Å²) in [4.78, 5) is 4.12. The molecule has 0 spiro atoms. The number of rotatable bonds is 6. The molecule has 0 amide bonds. The molecule has 0 saturated heterocycles. The topological polar surface area (TPSA) is 64.9 Å². The van der Waals surface area contributed by atoms with E-state index in [9.17, 15) is 0 Å². The van der Waals surface area contributed by atoms with E-state index in [1.54, 1.807) is 0 Å². The van der Waals surface area contributed by atoms with Gasteiger partial charge in [-0.1, -0.05) is 27.2 Å². The molecule has 4 nitrogen and oxygen atoms in total. The van der Waals surface area contributed by atoms with Crippen molar-refractivity contribution < 1.29 is 4.52 Å². The van der Waals surface area contributed by atoms with Gasteiger partial charge >= 0.3 is 0 Å². The summed E-state index contributed by atoms with van der Waals surface area (Å²) in [5, 5.41) is 3.65. The number of nitrogens with zero attached hydrogens (tertiary/aromatic N) is 2. The highest BCUT2D eigenvalue weighted by Gasteiger charge is 2.30. The molecule has 1 aromatic heterocycles. The van der Waals surface area contributed by atoms with Crippen molar-refractivity contribution in [2.45, 2.75) is 39.0 Å². The van der Waals surface area contributed by atoms with Crippen molar-refractivity contribution in [2.24, 2.45) is 5.92 Å². The summed E-state index contributed by atoms with van der Waals surface area (Å²) in [6.07, 6.45) is 4.36. The van der Waals surface area contributed by atoms with Crippen LogP contribution >= 0.6 is 11.8 Å². The molecule has 0 aromatic carbocycles. The molecule has 1 aromatic rings. The summed E-state index contributed by atoms with van der Waals surface area (Å²) in [5.41, 5.74) is 5.38. The van der Waals surface area contributed by atoms with Crippen molar-refractivity contribution in [3.05, 3.63) is 5.89 Å². The van der Waals surface area contributed by atoms with Crippen LogP contribution in [0, 0.1) is 5.92 Å². The molecule has 1 atom stereocenters. The van der Waals surface area contributed by atoms with Gasteiger partial charge in [0, 0.05) is 5.41 Å². The Bertz CT molecular complexity index is 325.